The maximum Gasteiger partial charge on any atom is 0.295 e. The highest BCUT2D eigenvalue weighted by Crippen LogP contribution is 2.40. The van der Waals surface area contributed by atoms with Crippen molar-refractivity contribution in [1.29, 1.82) is 0 Å². The number of ether oxygens (including phenoxy) is 1. The Labute approximate surface area is 171 Å². The molecule has 5 nitrogen and oxygen atoms in total. The highest BCUT2D eigenvalue weighted by Gasteiger charge is 2.45. The average Bonchev–Trinajstić information content (AvgIpc) is 2.92. The molecule has 1 heterocycles. The molecule has 1 amide bonds. The lowest BCUT2D eigenvalue weighted by Crippen LogP contribution is -2.30. The molecule has 3 rings (SSSR count). The van der Waals surface area contributed by atoms with Gasteiger partial charge in [-0.15, -0.1) is 0 Å². The summed E-state index contributed by atoms with van der Waals surface area (Å²) in [6, 6.07) is 14.0. The van der Waals surface area contributed by atoms with Crippen molar-refractivity contribution in [2.75, 3.05) is 6.54 Å². The minimum absolute atomic E-state index is 0.0187. The predicted octanol–water partition coefficient (Wildman–Crippen LogP) is 4.61. The van der Waals surface area contributed by atoms with Gasteiger partial charge in [0.1, 0.15) is 11.5 Å². The molecule has 1 N–H and O–H groups in total. The van der Waals surface area contributed by atoms with Crippen molar-refractivity contribution >= 4 is 17.4 Å². The van der Waals surface area contributed by atoms with E-state index in [4.69, 9.17) is 4.74 Å². The van der Waals surface area contributed by atoms with Gasteiger partial charge in [0, 0.05) is 12.1 Å². The summed E-state index contributed by atoms with van der Waals surface area (Å²) in [5.41, 5.74) is 2.41. The van der Waals surface area contributed by atoms with Gasteiger partial charge in [0.15, 0.2) is 0 Å². The second-order valence-corrected chi connectivity index (χ2v) is 7.60. The summed E-state index contributed by atoms with van der Waals surface area (Å²) in [5, 5.41) is 11.1. The van der Waals surface area contributed by atoms with Gasteiger partial charge in [-0.1, -0.05) is 48.9 Å². The Kier molecular flexibility index (Phi) is 6.06. The maximum absolute atomic E-state index is 12.9. The van der Waals surface area contributed by atoms with E-state index in [9.17, 15) is 14.7 Å². The van der Waals surface area contributed by atoms with Crippen LogP contribution >= 0.6 is 0 Å². The number of likely N-dealkylation sites (tertiary alicyclic amines) is 1. The van der Waals surface area contributed by atoms with E-state index in [-0.39, 0.29) is 17.4 Å². The number of carbonyl (C=O) groups excluding carboxylic acids is 2. The van der Waals surface area contributed by atoms with Crippen LogP contribution in [0.15, 0.2) is 54.1 Å². The van der Waals surface area contributed by atoms with Crippen LogP contribution in [-0.4, -0.2) is 34.3 Å². The number of nitrogens with zero attached hydrogens (tertiary/aromatic N) is 1. The molecule has 2 aromatic carbocycles. The zero-order valence-corrected chi connectivity index (χ0v) is 17.3. The lowest BCUT2D eigenvalue weighted by Gasteiger charge is -2.25. The number of ketones is 1. The number of benzene rings is 2. The first-order chi connectivity index (χ1) is 13.8. The minimum atomic E-state index is -0.655. The Morgan fingerprint density at radius 2 is 1.86 bits per heavy atom. The van der Waals surface area contributed by atoms with Gasteiger partial charge in [-0.2, -0.15) is 0 Å². The van der Waals surface area contributed by atoms with Crippen LogP contribution in [0.1, 0.15) is 49.9 Å². The van der Waals surface area contributed by atoms with Crippen LogP contribution in [0.4, 0.5) is 0 Å². The zero-order valence-electron chi connectivity index (χ0n) is 17.3. The normalized spacial score (nSPS) is 18.5. The molecule has 5 heteroatoms. The molecule has 0 radical (unpaired) electrons. The standard InChI is InChI=1S/C24H27NO4/c1-5-12-25-21(17-9-6-8-16(4)13-17)20(23(27)24(25)28)22(26)18-10-7-11-19(14-18)29-15(2)3/h6-11,13-15,21,26H,5,12H2,1-4H3/b22-20-. The molecule has 0 saturated carbocycles. The summed E-state index contributed by atoms with van der Waals surface area (Å²) in [6.07, 6.45) is 0.697. The lowest BCUT2D eigenvalue weighted by molar-refractivity contribution is -0.139. The highest BCUT2D eigenvalue weighted by atomic mass is 16.5. The van der Waals surface area contributed by atoms with Crippen molar-refractivity contribution in [1.82, 2.24) is 4.90 Å². The third kappa shape index (κ3) is 4.19. The summed E-state index contributed by atoms with van der Waals surface area (Å²) in [6.45, 7) is 8.19. The SMILES string of the molecule is CCCN1C(=O)C(=O)/C(=C(\O)c2cccc(OC(C)C)c2)C1c1cccc(C)c1. The Morgan fingerprint density at radius 3 is 2.52 bits per heavy atom. The Hall–Kier alpha value is -3.08. The number of hydrogen-bond acceptors (Lipinski definition) is 4. The topological polar surface area (TPSA) is 66.8 Å². The molecule has 0 spiro atoms. The van der Waals surface area contributed by atoms with Crippen LogP contribution in [0.2, 0.25) is 0 Å². The summed E-state index contributed by atoms with van der Waals surface area (Å²) in [7, 11) is 0. The maximum atomic E-state index is 12.9. The summed E-state index contributed by atoms with van der Waals surface area (Å²) in [4.78, 5) is 27.2. The molecule has 1 aliphatic heterocycles. The fraction of sp³-hybridized carbons (Fsp3) is 0.333. The van der Waals surface area contributed by atoms with Gasteiger partial charge in [0.2, 0.25) is 0 Å². The average molecular weight is 393 g/mol. The smallest absolute Gasteiger partial charge is 0.295 e. The van der Waals surface area contributed by atoms with Crippen LogP contribution in [0, 0.1) is 6.92 Å². The Bertz CT molecular complexity index is 961. The van der Waals surface area contributed by atoms with Crippen molar-refractivity contribution in [2.45, 2.75) is 46.3 Å². The van der Waals surface area contributed by atoms with Crippen LogP contribution in [0.5, 0.6) is 5.75 Å². The Morgan fingerprint density at radius 1 is 1.14 bits per heavy atom. The van der Waals surface area contributed by atoms with Gasteiger partial charge in [0.25, 0.3) is 11.7 Å². The van der Waals surface area contributed by atoms with Gasteiger partial charge < -0.3 is 14.7 Å². The number of aryl methyl sites for hydroxylation is 1. The van der Waals surface area contributed by atoms with E-state index in [2.05, 4.69) is 0 Å². The van der Waals surface area contributed by atoms with Crippen molar-refractivity contribution in [3.63, 3.8) is 0 Å². The first kappa shape index (κ1) is 20.6. The first-order valence-electron chi connectivity index (χ1n) is 9.95. The second kappa shape index (κ2) is 8.52. The van der Waals surface area contributed by atoms with Gasteiger partial charge >= 0.3 is 0 Å². The monoisotopic (exact) mass is 393 g/mol. The molecule has 1 saturated heterocycles. The fourth-order valence-electron chi connectivity index (χ4n) is 3.68. The molecular weight excluding hydrogens is 366 g/mol. The molecule has 0 aromatic heterocycles. The highest BCUT2D eigenvalue weighted by molar-refractivity contribution is 6.46. The lowest BCUT2D eigenvalue weighted by atomic mass is 9.94. The van der Waals surface area contributed by atoms with Crippen molar-refractivity contribution < 1.29 is 19.4 Å². The second-order valence-electron chi connectivity index (χ2n) is 7.60. The third-order valence-electron chi connectivity index (χ3n) is 4.84. The molecule has 152 valence electrons. The quantitative estimate of drug-likeness (QED) is 0.442. The summed E-state index contributed by atoms with van der Waals surface area (Å²) >= 11 is 0. The molecular formula is C24H27NO4. The zero-order chi connectivity index (χ0) is 21.1. The number of rotatable bonds is 6. The number of hydrogen-bond donors (Lipinski definition) is 1. The summed E-state index contributed by atoms with van der Waals surface area (Å²) in [5.74, 6) is -0.811. The predicted molar refractivity (Wildman–Crippen MR) is 113 cm³/mol. The van der Waals surface area contributed by atoms with Gasteiger partial charge in [-0.25, -0.2) is 0 Å². The number of Topliss-reactive ketones (excluding diaryl/α,β-unsaturated/α-hetero) is 1. The molecule has 1 atom stereocenters. The van der Waals surface area contributed by atoms with E-state index in [0.29, 0.717) is 24.3 Å². The van der Waals surface area contributed by atoms with Crippen molar-refractivity contribution in [3.05, 3.63) is 70.8 Å². The van der Waals surface area contributed by atoms with Crippen LogP contribution in [0.25, 0.3) is 5.76 Å². The number of carbonyl (C=O) groups is 2. The van der Waals surface area contributed by atoms with Gasteiger partial charge in [0.05, 0.1) is 17.7 Å². The number of aliphatic hydroxyl groups excluding tert-OH is 1. The molecule has 0 aliphatic carbocycles. The van der Waals surface area contributed by atoms with E-state index in [1.165, 1.54) is 0 Å². The molecule has 2 aromatic rings. The Balaban J connectivity index is 2.15. The third-order valence-corrected chi connectivity index (χ3v) is 4.84. The largest absolute Gasteiger partial charge is 0.507 e. The molecule has 1 aliphatic rings. The van der Waals surface area contributed by atoms with Crippen molar-refractivity contribution in [3.8, 4) is 5.75 Å². The van der Waals surface area contributed by atoms with Gasteiger partial charge in [-0.3, -0.25) is 9.59 Å². The van der Waals surface area contributed by atoms with E-state index in [1.54, 1.807) is 29.2 Å². The van der Waals surface area contributed by atoms with Crippen molar-refractivity contribution in [2.24, 2.45) is 0 Å². The minimum Gasteiger partial charge on any atom is -0.507 e. The van der Waals surface area contributed by atoms with E-state index < -0.39 is 17.7 Å². The molecule has 1 fully saturated rings. The summed E-state index contributed by atoms with van der Waals surface area (Å²) < 4.78 is 5.71. The van der Waals surface area contributed by atoms with Crippen LogP contribution in [-0.2, 0) is 9.59 Å². The van der Waals surface area contributed by atoms with Crippen LogP contribution < -0.4 is 4.74 Å². The van der Waals surface area contributed by atoms with E-state index in [1.807, 2.05) is 52.0 Å². The molecule has 29 heavy (non-hydrogen) atoms. The number of amides is 1. The van der Waals surface area contributed by atoms with Gasteiger partial charge in [-0.05, 0) is 44.9 Å². The fourth-order valence-corrected chi connectivity index (χ4v) is 3.68. The first-order valence-corrected chi connectivity index (χ1v) is 9.95. The van der Waals surface area contributed by atoms with E-state index in [0.717, 1.165) is 11.1 Å². The number of aliphatic hydroxyl groups is 1. The molecule has 0 bridgehead atoms. The van der Waals surface area contributed by atoms with Crippen LogP contribution in [0.3, 0.4) is 0 Å². The van der Waals surface area contributed by atoms with E-state index >= 15 is 0 Å². The molecule has 1 unspecified atom stereocenters.